The summed E-state index contributed by atoms with van der Waals surface area (Å²) in [6.07, 6.45) is 2.24. The summed E-state index contributed by atoms with van der Waals surface area (Å²) in [5.74, 6) is -0.354. The summed E-state index contributed by atoms with van der Waals surface area (Å²) in [5, 5.41) is 21.4. The van der Waals surface area contributed by atoms with E-state index in [-0.39, 0.29) is 23.7 Å². The van der Waals surface area contributed by atoms with Gasteiger partial charge in [0.25, 0.3) is 0 Å². The number of nitrogens with one attached hydrogen (secondary N) is 1. The molecule has 174 valence electrons. The van der Waals surface area contributed by atoms with Crippen LogP contribution in [0.2, 0.25) is 0 Å². The monoisotopic (exact) mass is 476 g/mol. The van der Waals surface area contributed by atoms with Crippen LogP contribution in [0.15, 0.2) is 47.6 Å². The van der Waals surface area contributed by atoms with Gasteiger partial charge in [-0.1, -0.05) is 30.0 Å². The van der Waals surface area contributed by atoms with Crippen molar-refractivity contribution in [1.82, 2.24) is 15.0 Å². The highest BCUT2D eigenvalue weighted by molar-refractivity contribution is 7.98. The third kappa shape index (κ3) is 7.02. The molecule has 0 saturated heterocycles. The Balaban J connectivity index is 1.73. The van der Waals surface area contributed by atoms with Crippen LogP contribution in [0.5, 0.6) is 0 Å². The van der Waals surface area contributed by atoms with E-state index in [2.05, 4.69) is 26.3 Å². The predicted octanol–water partition coefficient (Wildman–Crippen LogP) is 4.04. The molecule has 3 rings (SSSR count). The molecule has 0 radical (unpaired) electrons. The standard InChI is InChI=1S/C24H24N6O3S/c1-15(31)27-18-11-9-16(10-12-18)22-20(13-25)23(26)30-24(29-22)34-14-19-7-4-6-17(28-19)5-2-3-8-21(32)33/h4,6-7,9-12H,2-3,5,8,14H2,1H3,(H,27,31)(H,32,33)(H2,26,29,30). The first-order chi connectivity index (χ1) is 16.4. The maximum absolute atomic E-state index is 11.2. The molecule has 0 saturated carbocycles. The first-order valence-corrected chi connectivity index (χ1v) is 11.6. The van der Waals surface area contributed by atoms with Crippen LogP contribution < -0.4 is 11.1 Å². The van der Waals surface area contributed by atoms with Crippen molar-refractivity contribution in [3.05, 3.63) is 59.4 Å². The van der Waals surface area contributed by atoms with Crippen LogP contribution in [0.1, 0.15) is 43.1 Å². The number of nitrogens with zero attached hydrogens (tertiary/aromatic N) is 4. The number of aryl methyl sites for hydroxylation is 1. The quantitative estimate of drug-likeness (QED) is 0.223. The lowest BCUT2D eigenvalue weighted by Gasteiger charge is -2.10. The minimum atomic E-state index is -0.789. The lowest BCUT2D eigenvalue weighted by Crippen LogP contribution is -2.05. The zero-order chi connectivity index (χ0) is 24.5. The first-order valence-electron chi connectivity index (χ1n) is 10.6. The van der Waals surface area contributed by atoms with Gasteiger partial charge in [-0.25, -0.2) is 9.97 Å². The molecule has 10 heteroatoms. The maximum Gasteiger partial charge on any atom is 0.303 e. The molecule has 0 unspecified atom stereocenters. The van der Waals surface area contributed by atoms with Crippen LogP contribution in [0.3, 0.4) is 0 Å². The molecule has 34 heavy (non-hydrogen) atoms. The number of unbranched alkanes of at least 4 members (excludes halogenated alkanes) is 1. The van der Waals surface area contributed by atoms with Crippen molar-refractivity contribution in [2.24, 2.45) is 0 Å². The fourth-order valence-corrected chi connectivity index (χ4v) is 3.98. The van der Waals surface area contributed by atoms with Crippen LogP contribution in [-0.2, 0) is 21.8 Å². The molecule has 2 heterocycles. The summed E-state index contributed by atoms with van der Waals surface area (Å²) >= 11 is 1.36. The maximum atomic E-state index is 11.2. The number of aromatic nitrogens is 3. The van der Waals surface area contributed by atoms with Crippen LogP contribution >= 0.6 is 11.8 Å². The summed E-state index contributed by atoms with van der Waals surface area (Å²) in [5.41, 5.74) is 9.73. The second-order valence-corrected chi connectivity index (χ2v) is 8.44. The molecule has 3 aromatic rings. The van der Waals surface area contributed by atoms with E-state index < -0.39 is 5.97 Å². The number of thioether (sulfide) groups is 1. The largest absolute Gasteiger partial charge is 0.481 e. The van der Waals surface area contributed by atoms with Gasteiger partial charge in [0.2, 0.25) is 5.91 Å². The third-order valence-corrected chi connectivity index (χ3v) is 5.68. The van der Waals surface area contributed by atoms with Crippen LogP contribution in [0.25, 0.3) is 11.3 Å². The Kier molecular flexibility index (Phi) is 8.54. The smallest absolute Gasteiger partial charge is 0.303 e. The number of rotatable bonds is 10. The fraction of sp³-hybridized carbons (Fsp3) is 0.250. The Labute approximate surface area is 201 Å². The van der Waals surface area contributed by atoms with Gasteiger partial charge in [-0.2, -0.15) is 5.26 Å². The van der Waals surface area contributed by atoms with Crippen molar-refractivity contribution in [2.75, 3.05) is 11.1 Å². The number of nitriles is 1. The van der Waals surface area contributed by atoms with Gasteiger partial charge in [0, 0.05) is 36.0 Å². The molecule has 1 aromatic carbocycles. The Morgan fingerprint density at radius 3 is 2.50 bits per heavy atom. The first kappa shape index (κ1) is 24.7. The molecule has 1 amide bonds. The number of hydrogen-bond donors (Lipinski definition) is 3. The van der Waals surface area contributed by atoms with Gasteiger partial charge in [-0.3, -0.25) is 14.6 Å². The lowest BCUT2D eigenvalue weighted by atomic mass is 10.1. The minimum Gasteiger partial charge on any atom is -0.481 e. The van der Waals surface area contributed by atoms with E-state index in [1.54, 1.807) is 24.3 Å². The van der Waals surface area contributed by atoms with Gasteiger partial charge in [0.05, 0.1) is 11.4 Å². The van der Waals surface area contributed by atoms with Crippen LogP contribution in [0, 0.1) is 11.3 Å². The molecular weight excluding hydrogens is 452 g/mol. The van der Waals surface area contributed by atoms with Crippen LogP contribution in [-0.4, -0.2) is 31.9 Å². The van der Waals surface area contributed by atoms with Gasteiger partial charge in [0.1, 0.15) is 17.5 Å². The summed E-state index contributed by atoms with van der Waals surface area (Å²) in [6.45, 7) is 1.43. The zero-order valence-electron chi connectivity index (χ0n) is 18.6. The van der Waals surface area contributed by atoms with Crippen molar-refractivity contribution in [3.8, 4) is 17.3 Å². The fourth-order valence-electron chi connectivity index (χ4n) is 3.22. The van der Waals surface area contributed by atoms with E-state index >= 15 is 0 Å². The summed E-state index contributed by atoms with van der Waals surface area (Å²) in [4.78, 5) is 35.3. The summed E-state index contributed by atoms with van der Waals surface area (Å²) in [7, 11) is 0. The Morgan fingerprint density at radius 2 is 1.82 bits per heavy atom. The number of nitrogens with two attached hydrogens (primary N) is 1. The molecule has 4 N–H and O–H groups in total. The number of carbonyl (C=O) groups excluding carboxylic acids is 1. The van der Waals surface area contributed by atoms with Crippen molar-refractivity contribution < 1.29 is 14.7 Å². The van der Waals surface area contributed by atoms with Gasteiger partial charge < -0.3 is 16.2 Å². The van der Waals surface area contributed by atoms with E-state index in [9.17, 15) is 14.9 Å². The number of anilines is 2. The van der Waals surface area contributed by atoms with E-state index in [0.29, 0.717) is 40.7 Å². The lowest BCUT2D eigenvalue weighted by molar-refractivity contribution is -0.137. The number of pyridine rings is 1. The molecule has 0 spiro atoms. The van der Waals surface area contributed by atoms with E-state index in [0.717, 1.165) is 17.8 Å². The highest BCUT2D eigenvalue weighted by Crippen LogP contribution is 2.29. The number of amides is 1. The minimum absolute atomic E-state index is 0.0982. The van der Waals surface area contributed by atoms with Gasteiger partial charge in [-0.05, 0) is 43.5 Å². The Bertz CT molecular complexity index is 1220. The summed E-state index contributed by atoms with van der Waals surface area (Å²) in [6, 6.07) is 14.8. The van der Waals surface area contributed by atoms with Gasteiger partial charge in [-0.15, -0.1) is 0 Å². The van der Waals surface area contributed by atoms with Crippen molar-refractivity contribution in [2.45, 2.75) is 43.5 Å². The molecule has 0 bridgehead atoms. The average Bonchev–Trinajstić information content (AvgIpc) is 2.80. The predicted molar refractivity (Wildman–Crippen MR) is 130 cm³/mol. The van der Waals surface area contributed by atoms with Gasteiger partial charge in [0.15, 0.2) is 5.16 Å². The number of nitrogen functional groups attached to an aromatic ring is 1. The number of hydrogen-bond acceptors (Lipinski definition) is 8. The van der Waals surface area contributed by atoms with Gasteiger partial charge >= 0.3 is 5.97 Å². The topological polar surface area (TPSA) is 155 Å². The second-order valence-electron chi connectivity index (χ2n) is 7.50. The zero-order valence-corrected chi connectivity index (χ0v) is 19.4. The van der Waals surface area contributed by atoms with Crippen molar-refractivity contribution in [1.29, 1.82) is 5.26 Å². The summed E-state index contributed by atoms with van der Waals surface area (Å²) < 4.78 is 0. The van der Waals surface area contributed by atoms with Crippen molar-refractivity contribution in [3.63, 3.8) is 0 Å². The van der Waals surface area contributed by atoms with Crippen molar-refractivity contribution >= 4 is 35.1 Å². The molecule has 0 aliphatic rings. The SMILES string of the molecule is CC(=O)Nc1ccc(-c2nc(SCc3cccc(CCCCC(=O)O)n3)nc(N)c2C#N)cc1. The number of carbonyl (C=O) groups is 2. The number of aliphatic carboxylic acids is 1. The molecule has 0 aliphatic heterocycles. The normalized spacial score (nSPS) is 10.5. The molecule has 9 nitrogen and oxygen atoms in total. The Morgan fingerprint density at radius 1 is 1.09 bits per heavy atom. The Hall–Kier alpha value is -3.97. The molecule has 0 fully saturated rings. The van der Waals surface area contributed by atoms with E-state index in [1.807, 2.05) is 18.2 Å². The number of carboxylic acid groups (broad SMARTS) is 1. The highest BCUT2D eigenvalue weighted by atomic mass is 32.2. The van der Waals surface area contributed by atoms with E-state index in [4.69, 9.17) is 10.8 Å². The van der Waals surface area contributed by atoms with E-state index in [1.165, 1.54) is 18.7 Å². The molecule has 2 aromatic heterocycles. The highest BCUT2D eigenvalue weighted by Gasteiger charge is 2.15. The second kappa shape index (κ2) is 11.8. The average molecular weight is 477 g/mol. The number of benzene rings is 1. The molecule has 0 aliphatic carbocycles. The molecular formula is C24H24N6O3S. The third-order valence-electron chi connectivity index (χ3n) is 4.79. The molecule has 0 atom stereocenters. The van der Waals surface area contributed by atoms with Crippen LogP contribution in [0.4, 0.5) is 11.5 Å². The number of carboxylic acids is 1.